The van der Waals surface area contributed by atoms with Crippen molar-refractivity contribution >= 4 is 11.8 Å². The molecule has 0 spiro atoms. The lowest BCUT2D eigenvalue weighted by atomic mass is 10.1. The number of piperazine rings is 1. The summed E-state index contributed by atoms with van der Waals surface area (Å²) in [7, 11) is 0. The molecule has 28 heavy (non-hydrogen) atoms. The van der Waals surface area contributed by atoms with Crippen molar-refractivity contribution in [2.75, 3.05) is 45.9 Å². The third kappa shape index (κ3) is 5.23. The molecular formula is C19H24F3N3O3. The lowest BCUT2D eigenvalue weighted by molar-refractivity contribution is -0.138. The van der Waals surface area contributed by atoms with Crippen LogP contribution in [-0.4, -0.2) is 73.6 Å². The summed E-state index contributed by atoms with van der Waals surface area (Å²) in [6, 6.07) is 4.82. The second-order valence-corrected chi connectivity index (χ2v) is 7.05. The van der Waals surface area contributed by atoms with E-state index < -0.39 is 17.6 Å². The third-order valence-electron chi connectivity index (χ3n) is 5.04. The topological polar surface area (TPSA) is 61.9 Å². The molecule has 2 fully saturated rings. The molecule has 2 heterocycles. The Hall–Kier alpha value is -2.13. The summed E-state index contributed by atoms with van der Waals surface area (Å²) >= 11 is 0. The molecule has 154 valence electrons. The van der Waals surface area contributed by atoms with Crippen molar-refractivity contribution in [2.24, 2.45) is 0 Å². The van der Waals surface area contributed by atoms with Crippen LogP contribution in [0.25, 0.3) is 0 Å². The van der Waals surface area contributed by atoms with Crippen LogP contribution in [-0.2, 0) is 15.7 Å². The van der Waals surface area contributed by atoms with Gasteiger partial charge in [-0.3, -0.25) is 14.5 Å². The highest BCUT2D eigenvalue weighted by atomic mass is 19.4. The first kappa shape index (κ1) is 20.6. The summed E-state index contributed by atoms with van der Waals surface area (Å²) in [6.07, 6.45) is -2.55. The van der Waals surface area contributed by atoms with Gasteiger partial charge in [-0.15, -0.1) is 0 Å². The molecule has 0 aromatic heterocycles. The molecule has 1 atom stereocenters. The monoisotopic (exact) mass is 399 g/mol. The van der Waals surface area contributed by atoms with Crippen molar-refractivity contribution in [1.29, 1.82) is 0 Å². The summed E-state index contributed by atoms with van der Waals surface area (Å²) in [4.78, 5) is 27.9. The molecule has 2 aliphatic rings. The highest BCUT2D eigenvalue weighted by Gasteiger charge is 2.36. The van der Waals surface area contributed by atoms with Crippen LogP contribution in [0.3, 0.4) is 0 Å². The van der Waals surface area contributed by atoms with Crippen LogP contribution in [0.1, 0.15) is 28.8 Å². The van der Waals surface area contributed by atoms with E-state index in [2.05, 4.69) is 5.32 Å². The standard InChI is InChI=1S/C19H24F3N3O3/c20-19(21,22)16-6-2-1-5-15(16)18(27)25-9-7-24(8-10-25)13-17(26)23-12-14-4-3-11-28-14/h1-2,5-6,14H,3-4,7-13H2,(H,23,26)/t14-/m1/s1. The Labute approximate surface area is 161 Å². The van der Waals surface area contributed by atoms with E-state index in [0.717, 1.165) is 25.5 Å². The van der Waals surface area contributed by atoms with E-state index in [1.165, 1.54) is 23.1 Å². The van der Waals surface area contributed by atoms with Crippen LogP contribution in [0.15, 0.2) is 24.3 Å². The van der Waals surface area contributed by atoms with Gasteiger partial charge in [-0.2, -0.15) is 13.2 Å². The molecule has 2 aliphatic heterocycles. The number of carbonyl (C=O) groups is 2. The van der Waals surface area contributed by atoms with Crippen molar-refractivity contribution in [1.82, 2.24) is 15.1 Å². The zero-order valence-corrected chi connectivity index (χ0v) is 15.5. The maximum atomic E-state index is 13.1. The van der Waals surface area contributed by atoms with E-state index >= 15 is 0 Å². The Bertz CT molecular complexity index is 697. The number of hydrogen-bond donors (Lipinski definition) is 1. The summed E-state index contributed by atoms with van der Waals surface area (Å²) in [5, 5.41) is 2.84. The quantitative estimate of drug-likeness (QED) is 0.820. The first-order valence-electron chi connectivity index (χ1n) is 9.41. The summed E-state index contributed by atoms with van der Waals surface area (Å²) in [5.74, 6) is -0.742. The van der Waals surface area contributed by atoms with Crippen molar-refractivity contribution < 1.29 is 27.5 Å². The number of benzene rings is 1. The summed E-state index contributed by atoms with van der Waals surface area (Å²) in [6.45, 7) is 2.86. The van der Waals surface area contributed by atoms with Crippen LogP contribution < -0.4 is 5.32 Å². The molecule has 1 aromatic rings. The zero-order valence-electron chi connectivity index (χ0n) is 15.5. The number of hydrogen-bond acceptors (Lipinski definition) is 4. The van der Waals surface area contributed by atoms with Gasteiger partial charge in [0.2, 0.25) is 5.91 Å². The van der Waals surface area contributed by atoms with E-state index in [9.17, 15) is 22.8 Å². The second kappa shape index (κ2) is 8.91. The second-order valence-electron chi connectivity index (χ2n) is 7.05. The molecule has 1 N–H and O–H groups in total. The largest absolute Gasteiger partial charge is 0.417 e. The highest BCUT2D eigenvalue weighted by molar-refractivity contribution is 5.96. The van der Waals surface area contributed by atoms with Crippen molar-refractivity contribution in [3.05, 3.63) is 35.4 Å². The first-order valence-corrected chi connectivity index (χ1v) is 9.41. The van der Waals surface area contributed by atoms with Crippen molar-refractivity contribution in [3.8, 4) is 0 Å². The van der Waals surface area contributed by atoms with Gasteiger partial charge >= 0.3 is 6.18 Å². The smallest absolute Gasteiger partial charge is 0.376 e. The lowest BCUT2D eigenvalue weighted by Gasteiger charge is -2.34. The van der Waals surface area contributed by atoms with Crippen molar-refractivity contribution in [2.45, 2.75) is 25.1 Å². The van der Waals surface area contributed by atoms with Gasteiger partial charge in [0, 0.05) is 39.3 Å². The Balaban J connectivity index is 1.48. The van der Waals surface area contributed by atoms with Crippen LogP contribution in [0.4, 0.5) is 13.2 Å². The molecule has 0 radical (unpaired) electrons. The Morgan fingerprint density at radius 3 is 2.50 bits per heavy atom. The molecule has 3 rings (SSSR count). The number of halogens is 3. The maximum Gasteiger partial charge on any atom is 0.417 e. The van der Waals surface area contributed by atoms with Crippen molar-refractivity contribution in [3.63, 3.8) is 0 Å². The van der Waals surface area contributed by atoms with Gasteiger partial charge in [-0.05, 0) is 25.0 Å². The molecule has 1 aromatic carbocycles. The fraction of sp³-hybridized carbons (Fsp3) is 0.579. The van der Waals surface area contributed by atoms with E-state index in [-0.39, 0.29) is 37.2 Å². The van der Waals surface area contributed by atoms with Gasteiger partial charge in [0.15, 0.2) is 0 Å². The van der Waals surface area contributed by atoms with Gasteiger partial charge in [-0.1, -0.05) is 12.1 Å². The zero-order chi connectivity index (χ0) is 20.1. The predicted molar refractivity (Wildman–Crippen MR) is 95.8 cm³/mol. The Morgan fingerprint density at radius 2 is 1.86 bits per heavy atom. The van der Waals surface area contributed by atoms with E-state index in [1.54, 1.807) is 0 Å². The molecule has 2 amide bonds. The number of ether oxygens (including phenoxy) is 1. The number of nitrogens with one attached hydrogen (secondary N) is 1. The van der Waals surface area contributed by atoms with Crippen LogP contribution in [0, 0.1) is 0 Å². The van der Waals surface area contributed by atoms with Gasteiger partial charge in [0.05, 0.1) is 23.8 Å². The number of amides is 2. The molecule has 0 saturated carbocycles. The lowest BCUT2D eigenvalue weighted by Crippen LogP contribution is -2.51. The van der Waals surface area contributed by atoms with E-state index in [1.807, 2.05) is 4.90 Å². The summed E-state index contributed by atoms with van der Waals surface area (Å²) < 4.78 is 44.9. The predicted octanol–water partition coefficient (Wildman–Crippen LogP) is 1.76. The molecule has 6 nitrogen and oxygen atoms in total. The first-order chi connectivity index (χ1) is 13.3. The summed E-state index contributed by atoms with van der Waals surface area (Å²) in [5.41, 5.74) is -1.26. The SMILES string of the molecule is O=C(CN1CCN(C(=O)c2ccccc2C(F)(F)F)CC1)NC[C@H]1CCCO1. The van der Waals surface area contributed by atoms with Gasteiger partial charge in [0.25, 0.3) is 5.91 Å². The molecule has 0 unspecified atom stereocenters. The minimum Gasteiger partial charge on any atom is -0.376 e. The number of alkyl halides is 3. The van der Waals surface area contributed by atoms with Crippen LogP contribution in [0.5, 0.6) is 0 Å². The average Bonchev–Trinajstić information content (AvgIpc) is 3.19. The molecule has 0 aliphatic carbocycles. The minimum atomic E-state index is -4.57. The number of rotatable bonds is 5. The normalized spacial score (nSPS) is 21.0. The Kier molecular flexibility index (Phi) is 6.56. The average molecular weight is 399 g/mol. The highest BCUT2D eigenvalue weighted by Crippen LogP contribution is 2.32. The van der Waals surface area contributed by atoms with Crippen LogP contribution >= 0.6 is 0 Å². The van der Waals surface area contributed by atoms with Crippen LogP contribution in [0.2, 0.25) is 0 Å². The maximum absolute atomic E-state index is 13.1. The Morgan fingerprint density at radius 1 is 1.14 bits per heavy atom. The molecule has 0 bridgehead atoms. The fourth-order valence-corrected chi connectivity index (χ4v) is 3.49. The third-order valence-corrected chi connectivity index (χ3v) is 5.04. The molecule has 2 saturated heterocycles. The van der Waals surface area contributed by atoms with Gasteiger partial charge < -0.3 is 15.0 Å². The van der Waals surface area contributed by atoms with E-state index in [0.29, 0.717) is 19.6 Å². The van der Waals surface area contributed by atoms with Gasteiger partial charge in [0.1, 0.15) is 0 Å². The fourth-order valence-electron chi connectivity index (χ4n) is 3.49. The number of carbonyl (C=O) groups excluding carboxylic acids is 2. The molecule has 9 heteroatoms. The van der Waals surface area contributed by atoms with E-state index in [4.69, 9.17) is 4.74 Å². The van der Waals surface area contributed by atoms with Gasteiger partial charge in [-0.25, -0.2) is 0 Å². The number of nitrogens with zero attached hydrogens (tertiary/aromatic N) is 2. The molecular weight excluding hydrogens is 375 g/mol. The minimum absolute atomic E-state index is 0.0760.